The summed E-state index contributed by atoms with van der Waals surface area (Å²) in [6.07, 6.45) is 5.02. The molecule has 2 aromatic rings. The van der Waals surface area contributed by atoms with E-state index in [0.29, 0.717) is 6.04 Å². The highest BCUT2D eigenvalue weighted by atomic mass is 32.2. The summed E-state index contributed by atoms with van der Waals surface area (Å²) in [6.45, 7) is 1.79. The highest BCUT2D eigenvalue weighted by Crippen LogP contribution is 2.37. The van der Waals surface area contributed by atoms with Crippen molar-refractivity contribution >= 4 is 39.2 Å². The maximum atomic E-state index is 12.9. The predicted molar refractivity (Wildman–Crippen MR) is 90.5 cm³/mol. The van der Waals surface area contributed by atoms with E-state index in [1.807, 2.05) is 16.7 Å². The molecule has 3 heterocycles. The Morgan fingerprint density at radius 3 is 2.71 bits per heavy atom. The van der Waals surface area contributed by atoms with Crippen LogP contribution in [0.2, 0.25) is 0 Å². The summed E-state index contributed by atoms with van der Waals surface area (Å²) in [5.41, 5.74) is 2.19. The van der Waals surface area contributed by atoms with Gasteiger partial charge in [0.05, 0.1) is 10.2 Å². The Morgan fingerprint density at radius 2 is 1.95 bits per heavy atom. The van der Waals surface area contributed by atoms with E-state index in [1.54, 1.807) is 11.3 Å². The molecule has 2 aromatic heterocycles. The van der Waals surface area contributed by atoms with Crippen LogP contribution in [-0.2, 0) is 0 Å². The molecule has 0 N–H and O–H groups in total. The van der Waals surface area contributed by atoms with Crippen LogP contribution in [0.15, 0.2) is 17.5 Å². The van der Waals surface area contributed by atoms with E-state index in [4.69, 9.17) is 0 Å². The van der Waals surface area contributed by atoms with Crippen LogP contribution in [0.5, 0.6) is 0 Å². The average molecular weight is 320 g/mol. The summed E-state index contributed by atoms with van der Waals surface area (Å²) >= 11 is 3.70. The Bertz CT molecular complexity index is 648. The fraction of sp³-hybridized carbons (Fsp3) is 0.562. The largest absolute Gasteiger partial charge is 0.336 e. The van der Waals surface area contributed by atoms with E-state index < -0.39 is 0 Å². The molecule has 0 bridgehead atoms. The van der Waals surface area contributed by atoms with Crippen molar-refractivity contribution in [2.75, 3.05) is 24.6 Å². The number of nitrogens with zero attached hydrogens (tertiary/aromatic N) is 2. The van der Waals surface area contributed by atoms with Gasteiger partial charge < -0.3 is 9.47 Å². The molecular weight excluding hydrogens is 300 g/mol. The minimum Gasteiger partial charge on any atom is -0.336 e. The molecule has 0 radical (unpaired) electrons. The lowest BCUT2D eigenvalue weighted by Gasteiger charge is -2.27. The van der Waals surface area contributed by atoms with E-state index in [0.717, 1.165) is 30.3 Å². The van der Waals surface area contributed by atoms with Gasteiger partial charge in [-0.3, -0.25) is 4.79 Å². The molecule has 21 heavy (non-hydrogen) atoms. The van der Waals surface area contributed by atoms with Gasteiger partial charge in [-0.05, 0) is 30.4 Å². The molecule has 5 heteroatoms. The lowest BCUT2D eigenvalue weighted by Crippen LogP contribution is -2.39. The van der Waals surface area contributed by atoms with Gasteiger partial charge in [0.15, 0.2) is 0 Å². The van der Waals surface area contributed by atoms with E-state index in [2.05, 4.69) is 22.1 Å². The van der Waals surface area contributed by atoms with E-state index in [-0.39, 0.29) is 5.91 Å². The van der Waals surface area contributed by atoms with Gasteiger partial charge in [0.25, 0.3) is 5.91 Å². The van der Waals surface area contributed by atoms with Gasteiger partial charge >= 0.3 is 0 Å². The van der Waals surface area contributed by atoms with Crippen LogP contribution in [0.1, 0.15) is 42.2 Å². The highest BCUT2D eigenvalue weighted by Gasteiger charge is 2.28. The number of amides is 1. The van der Waals surface area contributed by atoms with Gasteiger partial charge in [0.1, 0.15) is 5.69 Å². The minimum absolute atomic E-state index is 0.241. The predicted octanol–water partition coefficient (Wildman–Crippen LogP) is 4.01. The van der Waals surface area contributed by atoms with Crippen LogP contribution in [0.4, 0.5) is 0 Å². The lowest BCUT2D eigenvalue weighted by molar-refractivity contribution is 0.0760. The Hall–Kier alpha value is -0.940. The Balaban J connectivity index is 1.74. The summed E-state index contributed by atoms with van der Waals surface area (Å²) in [5.74, 6) is 2.39. The number of thioether (sulfide) groups is 1. The summed E-state index contributed by atoms with van der Waals surface area (Å²) in [6, 6.07) is 4.83. The first-order valence-electron chi connectivity index (χ1n) is 7.80. The third-order valence-corrected chi connectivity index (χ3v) is 6.46. The third kappa shape index (κ3) is 2.40. The Labute approximate surface area is 133 Å². The van der Waals surface area contributed by atoms with Gasteiger partial charge in [-0.1, -0.05) is 12.8 Å². The molecular formula is C16H20N2OS2. The van der Waals surface area contributed by atoms with Crippen molar-refractivity contribution in [1.82, 2.24) is 9.47 Å². The summed E-state index contributed by atoms with van der Waals surface area (Å²) in [5, 5.41) is 2.14. The van der Waals surface area contributed by atoms with Gasteiger partial charge in [-0.15, -0.1) is 11.3 Å². The zero-order chi connectivity index (χ0) is 14.2. The molecule has 1 aliphatic carbocycles. The number of hydrogen-bond donors (Lipinski definition) is 0. The smallest absolute Gasteiger partial charge is 0.270 e. The quantitative estimate of drug-likeness (QED) is 0.835. The van der Waals surface area contributed by atoms with Gasteiger partial charge in [-0.2, -0.15) is 11.8 Å². The fourth-order valence-electron chi connectivity index (χ4n) is 3.59. The van der Waals surface area contributed by atoms with Gasteiger partial charge in [0, 0.05) is 30.6 Å². The van der Waals surface area contributed by atoms with Crippen molar-refractivity contribution in [1.29, 1.82) is 0 Å². The minimum atomic E-state index is 0.241. The lowest BCUT2D eigenvalue weighted by atomic mass is 10.2. The van der Waals surface area contributed by atoms with Crippen LogP contribution in [0, 0.1) is 0 Å². The molecule has 2 aliphatic rings. The molecule has 0 aromatic carbocycles. The zero-order valence-electron chi connectivity index (χ0n) is 12.1. The van der Waals surface area contributed by atoms with Crippen molar-refractivity contribution in [3.05, 3.63) is 23.2 Å². The molecule has 0 unspecified atom stereocenters. The van der Waals surface area contributed by atoms with Crippen LogP contribution in [0.25, 0.3) is 10.2 Å². The topological polar surface area (TPSA) is 25.2 Å². The molecule has 1 amide bonds. The molecule has 2 fully saturated rings. The molecule has 1 saturated carbocycles. The second kappa shape index (κ2) is 5.69. The summed E-state index contributed by atoms with van der Waals surface area (Å²) < 4.78 is 3.61. The van der Waals surface area contributed by atoms with Crippen LogP contribution >= 0.6 is 23.1 Å². The molecule has 3 nitrogen and oxygen atoms in total. The number of carbonyl (C=O) groups is 1. The molecule has 112 valence electrons. The maximum Gasteiger partial charge on any atom is 0.270 e. The normalized spacial score (nSPS) is 20.5. The summed E-state index contributed by atoms with van der Waals surface area (Å²) in [7, 11) is 0. The van der Waals surface area contributed by atoms with Crippen LogP contribution in [-0.4, -0.2) is 40.0 Å². The Morgan fingerprint density at radius 1 is 1.19 bits per heavy atom. The molecule has 1 saturated heterocycles. The second-order valence-electron chi connectivity index (χ2n) is 5.91. The number of hydrogen-bond acceptors (Lipinski definition) is 3. The van der Waals surface area contributed by atoms with E-state index in [1.165, 1.54) is 35.9 Å². The van der Waals surface area contributed by atoms with Crippen molar-refractivity contribution in [2.45, 2.75) is 31.7 Å². The first-order chi connectivity index (χ1) is 10.3. The van der Waals surface area contributed by atoms with Crippen molar-refractivity contribution < 1.29 is 4.79 Å². The van der Waals surface area contributed by atoms with Crippen molar-refractivity contribution in [3.8, 4) is 0 Å². The molecule has 0 atom stereocenters. The average Bonchev–Trinajstić information content (AvgIpc) is 3.23. The van der Waals surface area contributed by atoms with E-state index in [9.17, 15) is 4.79 Å². The number of rotatable bonds is 2. The van der Waals surface area contributed by atoms with Crippen LogP contribution in [0.3, 0.4) is 0 Å². The molecule has 0 spiro atoms. The number of aromatic nitrogens is 1. The molecule has 1 aliphatic heterocycles. The maximum absolute atomic E-state index is 12.9. The number of thiophene rings is 1. The van der Waals surface area contributed by atoms with Crippen molar-refractivity contribution in [2.24, 2.45) is 0 Å². The number of fused-ring (bicyclic) bond motifs is 1. The van der Waals surface area contributed by atoms with Gasteiger partial charge in [0.2, 0.25) is 0 Å². The fourth-order valence-corrected chi connectivity index (χ4v) is 5.31. The third-order valence-electron chi connectivity index (χ3n) is 4.67. The summed E-state index contributed by atoms with van der Waals surface area (Å²) in [4.78, 5) is 15.0. The SMILES string of the molecule is O=C(c1cc2sccc2n1C1CCCC1)N1CCSCC1. The van der Waals surface area contributed by atoms with E-state index >= 15 is 0 Å². The van der Waals surface area contributed by atoms with Crippen molar-refractivity contribution in [3.63, 3.8) is 0 Å². The Kier molecular flexibility index (Phi) is 3.71. The monoisotopic (exact) mass is 320 g/mol. The first kappa shape index (κ1) is 13.7. The zero-order valence-corrected chi connectivity index (χ0v) is 13.7. The second-order valence-corrected chi connectivity index (χ2v) is 8.08. The standard InChI is InChI=1S/C16H20N2OS2/c19-16(17-6-9-20-10-7-17)14-11-15-13(5-8-21-15)18(14)12-3-1-2-4-12/h5,8,11-12H,1-4,6-7,9-10H2. The van der Waals surface area contributed by atoms with Crippen LogP contribution < -0.4 is 0 Å². The molecule has 4 rings (SSSR count). The number of carbonyl (C=O) groups excluding carboxylic acids is 1. The highest BCUT2D eigenvalue weighted by molar-refractivity contribution is 7.99. The van der Waals surface area contributed by atoms with Gasteiger partial charge in [-0.25, -0.2) is 0 Å². The first-order valence-corrected chi connectivity index (χ1v) is 9.83.